The van der Waals surface area contributed by atoms with Gasteiger partial charge in [-0.25, -0.2) is 4.79 Å². The molecule has 2 saturated heterocycles. The minimum absolute atomic E-state index is 0.0683. The number of aliphatic hydroxyl groups is 4. The Hall–Kier alpha value is -1.72. The first kappa shape index (κ1) is 26.9. The number of azide groups is 1. The van der Waals surface area contributed by atoms with Gasteiger partial charge >= 0.3 is 12.4 Å². The van der Waals surface area contributed by atoms with Gasteiger partial charge in [0.25, 0.3) is 5.56 Å². The summed E-state index contributed by atoms with van der Waals surface area (Å²) in [6, 6.07) is -0.806. The molecule has 2 fully saturated rings. The summed E-state index contributed by atoms with van der Waals surface area (Å²) < 4.78 is 22.1. The van der Waals surface area contributed by atoms with E-state index in [-0.39, 0.29) is 12.0 Å². The van der Waals surface area contributed by atoms with Gasteiger partial charge in [-0.05, 0) is 24.3 Å². The normalized spacial score (nSPS) is 35.5. The van der Waals surface area contributed by atoms with Crippen LogP contribution in [0.25, 0.3) is 10.4 Å². The van der Waals surface area contributed by atoms with Crippen LogP contribution < -0.4 is 11.2 Å². The second-order valence-electron chi connectivity index (χ2n) is 7.71. The third-order valence-corrected chi connectivity index (χ3v) is 6.93. The number of rotatable bonds is 8. The van der Waals surface area contributed by atoms with Crippen molar-refractivity contribution in [3.63, 3.8) is 0 Å². The van der Waals surface area contributed by atoms with Gasteiger partial charge in [0.15, 0.2) is 6.29 Å². The molecule has 0 amide bonds. The summed E-state index contributed by atoms with van der Waals surface area (Å²) in [6.45, 7) is -3.46. The maximum absolute atomic E-state index is 12.1. The summed E-state index contributed by atoms with van der Waals surface area (Å²) in [6.07, 6.45) is -8.68. The van der Waals surface area contributed by atoms with E-state index < -0.39 is 80.3 Å². The third kappa shape index (κ3) is 6.09. The van der Waals surface area contributed by atoms with Gasteiger partial charge in [-0.2, -0.15) is 0 Å². The number of nitrogens with one attached hydrogen (secondary N) is 1. The second kappa shape index (κ2) is 10.9. The van der Waals surface area contributed by atoms with Gasteiger partial charge in [-0.1, -0.05) is 5.11 Å². The highest BCUT2D eigenvalue weighted by atomic mass is 32.5. The van der Waals surface area contributed by atoms with Crippen molar-refractivity contribution in [3.8, 4) is 0 Å². The summed E-state index contributed by atoms with van der Waals surface area (Å²) in [4.78, 5) is 38.9. The molecule has 3 rings (SSSR count). The molecule has 1 aromatic heterocycles. The fourth-order valence-corrected chi connectivity index (χ4v) is 4.58. The molecule has 0 saturated carbocycles. The fourth-order valence-electron chi connectivity index (χ4n) is 3.46. The van der Waals surface area contributed by atoms with Crippen LogP contribution in [-0.4, -0.2) is 90.9 Å². The smallest absolute Gasteiger partial charge is 0.330 e. The lowest BCUT2D eigenvalue weighted by atomic mass is 10.00. The largest absolute Gasteiger partial charge is 0.387 e. The molecular formula is C16H24N5O11PS. The van der Waals surface area contributed by atoms with Crippen LogP contribution >= 0.6 is 6.72 Å². The zero-order chi connectivity index (χ0) is 25.2. The van der Waals surface area contributed by atoms with Crippen LogP contribution in [0.15, 0.2) is 20.9 Å². The van der Waals surface area contributed by atoms with E-state index in [4.69, 9.17) is 35.9 Å². The lowest BCUT2D eigenvalue weighted by molar-refractivity contribution is -0.285. The quantitative estimate of drug-likeness (QED) is 0.0922. The van der Waals surface area contributed by atoms with Crippen molar-refractivity contribution >= 4 is 18.5 Å². The number of hydrogen-bond donors (Lipinski definition) is 6. The Morgan fingerprint density at radius 3 is 2.50 bits per heavy atom. The van der Waals surface area contributed by atoms with Crippen molar-refractivity contribution in [1.29, 1.82) is 0 Å². The highest BCUT2D eigenvalue weighted by Crippen LogP contribution is 2.45. The topological polar surface area (TPSA) is 242 Å². The molecule has 1 aromatic rings. The Morgan fingerprint density at radius 1 is 1.21 bits per heavy atom. The van der Waals surface area contributed by atoms with Crippen molar-refractivity contribution in [1.82, 2.24) is 9.55 Å². The van der Waals surface area contributed by atoms with Crippen LogP contribution in [0, 0.1) is 6.92 Å². The number of hydrogen-bond acceptors (Lipinski definition) is 12. The molecule has 2 aliphatic heterocycles. The fraction of sp³-hybridized carbons (Fsp3) is 0.750. The van der Waals surface area contributed by atoms with E-state index >= 15 is 0 Å². The summed E-state index contributed by atoms with van der Waals surface area (Å²) in [5.41, 5.74) is 7.83. The standard InChI is InChI=1S/C16H24N5O11PS/c1-6-3-21(16(27)18-14(6)25)10-2-7(19-20-17)8(31-10)4-29-33(28,34)30-5-9-11(22)12(23)13(24)15(26)32-9/h3,7-13,15,22-24,26H,2,4-5H2,1H3,(H,28,34)(H,18,25,27)/t7-,8+,9+,10+,11+,12-,13-,15?,33?/m0/s1. The van der Waals surface area contributed by atoms with Crippen molar-refractivity contribution in [2.45, 2.75) is 62.4 Å². The van der Waals surface area contributed by atoms with Gasteiger partial charge < -0.3 is 43.8 Å². The lowest BCUT2D eigenvalue weighted by Gasteiger charge is -2.38. The second-order valence-corrected chi connectivity index (χ2v) is 10.6. The van der Waals surface area contributed by atoms with Crippen LogP contribution in [-0.2, 0) is 30.3 Å². The Labute approximate surface area is 196 Å². The molecule has 0 aliphatic carbocycles. The van der Waals surface area contributed by atoms with Crippen LogP contribution in [0.4, 0.5) is 0 Å². The van der Waals surface area contributed by atoms with E-state index in [1.807, 2.05) is 0 Å². The van der Waals surface area contributed by atoms with E-state index in [0.29, 0.717) is 0 Å². The van der Waals surface area contributed by atoms with E-state index in [2.05, 4.69) is 15.0 Å². The number of H-pyrrole nitrogens is 1. The van der Waals surface area contributed by atoms with Crippen LogP contribution in [0.5, 0.6) is 0 Å². The third-order valence-electron chi connectivity index (χ3n) is 5.35. The van der Waals surface area contributed by atoms with Gasteiger partial charge in [0.2, 0.25) is 0 Å². The Morgan fingerprint density at radius 2 is 1.85 bits per heavy atom. The first-order valence-electron chi connectivity index (χ1n) is 9.95. The molecule has 9 atom stereocenters. The monoisotopic (exact) mass is 525 g/mol. The highest BCUT2D eigenvalue weighted by Gasteiger charge is 2.44. The molecule has 2 aliphatic rings. The molecule has 190 valence electrons. The Bertz CT molecular complexity index is 1090. The summed E-state index contributed by atoms with van der Waals surface area (Å²) in [5, 5.41) is 42.3. The molecule has 18 heteroatoms. The van der Waals surface area contributed by atoms with E-state index in [1.54, 1.807) is 0 Å². The van der Waals surface area contributed by atoms with Crippen molar-refractivity contribution in [2.75, 3.05) is 13.2 Å². The minimum Gasteiger partial charge on any atom is -0.387 e. The lowest BCUT2D eigenvalue weighted by Crippen LogP contribution is -2.58. The van der Waals surface area contributed by atoms with Crippen molar-refractivity contribution in [2.24, 2.45) is 5.11 Å². The SMILES string of the molecule is Cc1cn([C@H]2C[C@H](N=[N+]=[N-])[C@@H](COP(O)(=S)OC[C@H]3OC(O)[C@@H](O)[C@@H](O)[C@@H]3O)O2)c(=O)[nH]c1=O. The first-order valence-corrected chi connectivity index (χ1v) is 12.5. The number of aromatic amines is 1. The minimum atomic E-state index is -3.97. The molecule has 6 N–H and O–H groups in total. The molecule has 0 aromatic carbocycles. The number of nitrogens with zero attached hydrogens (tertiary/aromatic N) is 4. The molecular weight excluding hydrogens is 501 g/mol. The van der Waals surface area contributed by atoms with Crippen LogP contribution in [0.1, 0.15) is 18.2 Å². The average molecular weight is 525 g/mol. The molecule has 0 bridgehead atoms. The average Bonchev–Trinajstić information content (AvgIpc) is 3.18. The van der Waals surface area contributed by atoms with Crippen molar-refractivity contribution < 1.29 is 43.8 Å². The van der Waals surface area contributed by atoms with Crippen molar-refractivity contribution in [3.05, 3.63) is 43.0 Å². The number of aryl methyl sites for hydroxylation is 1. The van der Waals surface area contributed by atoms with Gasteiger partial charge in [-0.3, -0.25) is 14.3 Å². The zero-order valence-electron chi connectivity index (χ0n) is 17.6. The maximum Gasteiger partial charge on any atom is 0.330 e. The first-order chi connectivity index (χ1) is 15.9. The zero-order valence-corrected chi connectivity index (χ0v) is 19.4. The molecule has 2 unspecified atom stereocenters. The predicted molar refractivity (Wildman–Crippen MR) is 115 cm³/mol. The summed E-state index contributed by atoms with van der Waals surface area (Å²) >= 11 is 4.90. The highest BCUT2D eigenvalue weighted by molar-refractivity contribution is 8.07. The van der Waals surface area contributed by atoms with Gasteiger partial charge in [0.1, 0.15) is 30.6 Å². The van der Waals surface area contributed by atoms with Crippen LogP contribution in [0.2, 0.25) is 0 Å². The van der Waals surface area contributed by atoms with Gasteiger partial charge in [0.05, 0.1) is 25.4 Å². The van der Waals surface area contributed by atoms with E-state index in [9.17, 15) is 34.9 Å². The molecule has 34 heavy (non-hydrogen) atoms. The molecule has 16 nitrogen and oxygen atoms in total. The number of ether oxygens (including phenoxy) is 2. The summed E-state index contributed by atoms with van der Waals surface area (Å²) in [5.74, 6) is 0. The Kier molecular flexibility index (Phi) is 8.62. The van der Waals surface area contributed by atoms with Crippen LogP contribution in [0.3, 0.4) is 0 Å². The molecule has 0 radical (unpaired) electrons. The number of aromatic nitrogens is 2. The maximum atomic E-state index is 12.1. The Balaban J connectivity index is 1.62. The van der Waals surface area contributed by atoms with Gasteiger partial charge in [-0.15, -0.1) is 0 Å². The molecule has 3 heterocycles. The number of aliphatic hydroxyl groups excluding tert-OH is 4. The van der Waals surface area contributed by atoms with Gasteiger partial charge in [0, 0.05) is 23.1 Å². The predicted octanol–water partition coefficient (Wildman–Crippen LogP) is -2.14. The molecule has 0 spiro atoms. The van der Waals surface area contributed by atoms with E-state index in [0.717, 1.165) is 4.57 Å². The van der Waals surface area contributed by atoms with E-state index in [1.165, 1.54) is 13.1 Å². The summed E-state index contributed by atoms with van der Waals surface area (Å²) in [7, 11) is 0.